The van der Waals surface area contributed by atoms with Crippen molar-refractivity contribution in [3.63, 3.8) is 0 Å². The molecule has 0 bridgehead atoms. The van der Waals surface area contributed by atoms with Crippen molar-refractivity contribution in [1.82, 2.24) is 4.90 Å². The summed E-state index contributed by atoms with van der Waals surface area (Å²) in [5, 5.41) is 0. The molecule has 1 spiro atoms. The summed E-state index contributed by atoms with van der Waals surface area (Å²) < 4.78 is 0. The van der Waals surface area contributed by atoms with E-state index in [4.69, 9.17) is 0 Å². The third kappa shape index (κ3) is 1.19. The number of likely N-dealkylation sites (tertiary alicyclic amines) is 1. The highest BCUT2D eigenvalue weighted by Crippen LogP contribution is 2.56. The van der Waals surface area contributed by atoms with Crippen molar-refractivity contribution in [2.24, 2.45) is 11.3 Å². The Morgan fingerprint density at radius 3 is 2.08 bits per heavy atom. The fourth-order valence-electron chi connectivity index (χ4n) is 2.45. The lowest BCUT2D eigenvalue weighted by Gasteiger charge is -2.31. The Bertz CT molecular complexity index is 186. The third-order valence-electron chi connectivity index (χ3n) is 3.89. The molecule has 0 radical (unpaired) electrons. The van der Waals surface area contributed by atoms with Gasteiger partial charge in [-0.25, -0.2) is 0 Å². The summed E-state index contributed by atoms with van der Waals surface area (Å²) in [7, 11) is 0. The third-order valence-corrected chi connectivity index (χ3v) is 3.89. The monoisotopic (exact) mass is 167 g/mol. The Morgan fingerprint density at radius 2 is 1.83 bits per heavy atom. The molecular formula is C11H21N. The van der Waals surface area contributed by atoms with Crippen LogP contribution in [0.5, 0.6) is 0 Å². The van der Waals surface area contributed by atoms with E-state index >= 15 is 0 Å². The molecule has 0 aromatic heterocycles. The van der Waals surface area contributed by atoms with E-state index in [-0.39, 0.29) is 0 Å². The Balaban J connectivity index is 2.06. The van der Waals surface area contributed by atoms with Gasteiger partial charge in [-0.15, -0.1) is 0 Å². The molecule has 0 aromatic carbocycles. The zero-order valence-corrected chi connectivity index (χ0v) is 8.85. The molecule has 0 amide bonds. The molecule has 1 saturated carbocycles. The van der Waals surface area contributed by atoms with Crippen molar-refractivity contribution >= 4 is 0 Å². The van der Waals surface area contributed by atoms with E-state index in [0.717, 1.165) is 11.3 Å². The molecule has 2 fully saturated rings. The maximum Gasteiger partial charge on any atom is 0.0125 e. The second-order valence-corrected chi connectivity index (χ2v) is 5.81. The van der Waals surface area contributed by atoms with E-state index in [2.05, 4.69) is 32.6 Å². The van der Waals surface area contributed by atoms with Crippen LogP contribution in [-0.4, -0.2) is 23.5 Å². The van der Waals surface area contributed by atoms with Crippen LogP contribution in [0.4, 0.5) is 0 Å². The number of hydrogen-bond donors (Lipinski definition) is 0. The van der Waals surface area contributed by atoms with Gasteiger partial charge in [0.15, 0.2) is 0 Å². The molecule has 2 aliphatic rings. The summed E-state index contributed by atoms with van der Waals surface area (Å²) in [4.78, 5) is 2.66. The van der Waals surface area contributed by atoms with Crippen LogP contribution < -0.4 is 0 Å². The molecular weight excluding hydrogens is 146 g/mol. The van der Waals surface area contributed by atoms with Crippen LogP contribution >= 0.6 is 0 Å². The second kappa shape index (κ2) is 2.25. The van der Waals surface area contributed by atoms with E-state index in [0.29, 0.717) is 5.54 Å². The van der Waals surface area contributed by atoms with E-state index in [9.17, 15) is 0 Å². The van der Waals surface area contributed by atoms with Gasteiger partial charge in [0.2, 0.25) is 0 Å². The van der Waals surface area contributed by atoms with Crippen molar-refractivity contribution in [3.05, 3.63) is 0 Å². The van der Waals surface area contributed by atoms with Crippen molar-refractivity contribution in [3.8, 4) is 0 Å². The summed E-state index contributed by atoms with van der Waals surface area (Å²) >= 11 is 0. The Hall–Kier alpha value is -0.0400. The average Bonchev–Trinajstić information content (AvgIpc) is 2.57. The predicted octanol–water partition coefficient (Wildman–Crippen LogP) is 2.52. The second-order valence-electron chi connectivity index (χ2n) is 5.81. The van der Waals surface area contributed by atoms with Crippen LogP contribution in [0.2, 0.25) is 0 Å². The molecule has 1 heterocycles. The minimum atomic E-state index is 0.389. The predicted molar refractivity (Wildman–Crippen MR) is 52.2 cm³/mol. The first-order valence-electron chi connectivity index (χ1n) is 5.19. The number of hydrogen-bond acceptors (Lipinski definition) is 1. The lowest BCUT2D eigenvalue weighted by molar-refractivity contribution is 0.164. The van der Waals surface area contributed by atoms with E-state index < -0.39 is 0 Å². The maximum atomic E-state index is 2.66. The number of nitrogens with zero attached hydrogens (tertiary/aromatic N) is 1. The van der Waals surface area contributed by atoms with Gasteiger partial charge in [0.1, 0.15) is 0 Å². The summed E-state index contributed by atoms with van der Waals surface area (Å²) in [5.41, 5.74) is 1.15. The zero-order valence-electron chi connectivity index (χ0n) is 8.85. The molecule has 2 rings (SSSR count). The lowest BCUT2D eigenvalue weighted by Crippen LogP contribution is -2.39. The smallest absolute Gasteiger partial charge is 0.0125 e. The van der Waals surface area contributed by atoms with Crippen LogP contribution in [0.25, 0.3) is 0 Å². The average molecular weight is 167 g/mol. The normalized spacial score (nSPS) is 34.5. The topological polar surface area (TPSA) is 3.24 Å². The zero-order chi connectivity index (χ0) is 8.98. The maximum absolute atomic E-state index is 2.66. The van der Waals surface area contributed by atoms with Crippen LogP contribution in [0.15, 0.2) is 0 Å². The van der Waals surface area contributed by atoms with Crippen molar-refractivity contribution in [2.75, 3.05) is 13.1 Å². The van der Waals surface area contributed by atoms with Crippen molar-refractivity contribution < 1.29 is 0 Å². The largest absolute Gasteiger partial charge is 0.298 e. The molecule has 12 heavy (non-hydrogen) atoms. The Labute approximate surface area is 76.1 Å². The fourth-order valence-corrected chi connectivity index (χ4v) is 2.45. The van der Waals surface area contributed by atoms with Crippen molar-refractivity contribution in [2.45, 2.75) is 46.1 Å². The van der Waals surface area contributed by atoms with E-state index in [1.807, 2.05) is 0 Å². The first-order chi connectivity index (χ1) is 5.44. The highest BCUT2D eigenvalue weighted by Gasteiger charge is 2.54. The van der Waals surface area contributed by atoms with Gasteiger partial charge in [-0.2, -0.15) is 0 Å². The van der Waals surface area contributed by atoms with Crippen LogP contribution in [-0.2, 0) is 0 Å². The first-order valence-corrected chi connectivity index (χ1v) is 5.19. The van der Waals surface area contributed by atoms with Crippen LogP contribution in [0.1, 0.15) is 40.5 Å². The standard InChI is InChI=1S/C11H21N/c1-9-7-12(10(2,3)4)8-11(9)5-6-11/h9H,5-8H2,1-4H3. The lowest BCUT2D eigenvalue weighted by atomic mass is 9.95. The van der Waals surface area contributed by atoms with E-state index in [1.54, 1.807) is 0 Å². The molecule has 70 valence electrons. The molecule has 1 aliphatic carbocycles. The summed E-state index contributed by atoms with van der Waals surface area (Å²) in [6.45, 7) is 12.1. The number of rotatable bonds is 0. The molecule has 1 atom stereocenters. The molecule has 1 nitrogen and oxygen atoms in total. The Kier molecular flexibility index (Phi) is 1.61. The van der Waals surface area contributed by atoms with Crippen LogP contribution in [0, 0.1) is 11.3 Å². The van der Waals surface area contributed by atoms with Crippen LogP contribution in [0.3, 0.4) is 0 Å². The summed E-state index contributed by atoms with van der Waals surface area (Å²) in [6, 6.07) is 0. The summed E-state index contributed by atoms with van der Waals surface area (Å²) in [5.74, 6) is 0.941. The molecule has 1 heteroatoms. The van der Waals surface area contributed by atoms with Gasteiger partial charge in [-0.3, -0.25) is 4.90 Å². The fraction of sp³-hybridized carbons (Fsp3) is 1.00. The quantitative estimate of drug-likeness (QED) is 0.536. The van der Waals surface area contributed by atoms with Gasteiger partial charge in [0.05, 0.1) is 0 Å². The molecule has 0 aromatic rings. The van der Waals surface area contributed by atoms with E-state index in [1.165, 1.54) is 25.9 Å². The molecule has 1 unspecified atom stereocenters. The SMILES string of the molecule is CC1CN(C(C)(C)C)CC12CC2. The minimum absolute atomic E-state index is 0.389. The van der Waals surface area contributed by atoms with Gasteiger partial charge in [-0.1, -0.05) is 6.92 Å². The Morgan fingerprint density at radius 1 is 1.25 bits per heavy atom. The molecule has 0 N–H and O–H groups in total. The van der Waals surface area contributed by atoms with Gasteiger partial charge >= 0.3 is 0 Å². The van der Waals surface area contributed by atoms with Gasteiger partial charge in [-0.05, 0) is 44.9 Å². The highest BCUT2D eigenvalue weighted by atomic mass is 15.2. The minimum Gasteiger partial charge on any atom is -0.298 e. The van der Waals surface area contributed by atoms with Gasteiger partial charge in [0, 0.05) is 18.6 Å². The summed E-state index contributed by atoms with van der Waals surface area (Å²) in [6.07, 6.45) is 2.97. The molecule has 1 saturated heterocycles. The molecule has 1 aliphatic heterocycles. The van der Waals surface area contributed by atoms with Crippen molar-refractivity contribution in [1.29, 1.82) is 0 Å². The highest BCUT2D eigenvalue weighted by molar-refractivity contribution is 5.06. The van der Waals surface area contributed by atoms with Gasteiger partial charge < -0.3 is 0 Å². The van der Waals surface area contributed by atoms with Gasteiger partial charge in [0.25, 0.3) is 0 Å². The first kappa shape index (κ1) is 8.55.